The number of amides is 5. The lowest BCUT2D eigenvalue weighted by molar-refractivity contribution is -0.154. The molecular formula is C23H28N4O4S. The first kappa shape index (κ1) is 22.3. The average Bonchev–Trinajstić information content (AvgIpc) is 3.11. The van der Waals surface area contributed by atoms with Crippen molar-refractivity contribution < 1.29 is 19.2 Å². The second kappa shape index (κ2) is 8.90. The van der Waals surface area contributed by atoms with Crippen molar-refractivity contribution in [2.45, 2.75) is 39.5 Å². The molecular weight excluding hydrogens is 428 g/mol. The molecule has 5 amide bonds. The Labute approximate surface area is 190 Å². The van der Waals surface area contributed by atoms with E-state index in [0.29, 0.717) is 62.4 Å². The van der Waals surface area contributed by atoms with E-state index in [9.17, 15) is 19.2 Å². The van der Waals surface area contributed by atoms with Crippen LogP contribution in [0.15, 0.2) is 24.3 Å². The normalized spacial score (nSPS) is 18.3. The van der Waals surface area contributed by atoms with Crippen molar-refractivity contribution in [1.29, 1.82) is 0 Å². The summed E-state index contributed by atoms with van der Waals surface area (Å²) in [7, 11) is 0. The number of nitrogens with zero attached hydrogens (tertiary/aromatic N) is 2. The van der Waals surface area contributed by atoms with Crippen molar-refractivity contribution in [3.63, 3.8) is 0 Å². The fourth-order valence-corrected chi connectivity index (χ4v) is 5.83. The molecule has 2 N–H and O–H groups in total. The number of urea groups is 1. The number of anilines is 1. The van der Waals surface area contributed by atoms with E-state index in [1.54, 1.807) is 4.90 Å². The fraction of sp³-hybridized carbons (Fsp3) is 0.478. The van der Waals surface area contributed by atoms with Gasteiger partial charge in [0.05, 0.1) is 5.56 Å². The largest absolute Gasteiger partial charge is 0.338 e. The Morgan fingerprint density at radius 2 is 1.72 bits per heavy atom. The maximum absolute atomic E-state index is 13.6. The van der Waals surface area contributed by atoms with E-state index in [4.69, 9.17) is 0 Å². The highest BCUT2D eigenvalue weighted by Crippen LogP contribution is 2.43. The van der Waals surface area contributed by atoms with Gasteiger partial charge in [-0.3, -0.25) is 24.6 Å². The third-order valence-electron chi connectivity index (χ3n) is 6.46. The Hall–Kier alpha value is -2.94. The Morgan fingerprint density at radius 1 is 1.06 bits per heavy atom. The van der Waals surface area contributed by atoms with Crippen LogP contribution in [0, 0.1) is 5.41 Å². The first-order valence-electron chi connectivity index (χ1n) is 11.1. The van der Waals surface area contributed by atoms with Crippen molar-refractivity contribution in [2.24, 2.45) is 5.41 Å². The lowest BCUT2D eigenvalue weighted by atomic mass is 9.70. The van der Waals surface area contributed by atoms with Crippen LogP contribution in [0.3, 0.4) is 0 Å². The second-order valence-corrected chi connectivity index (χ2v) is 9.52. The van der Waals surface area contributed by atoms with Gasteiger partial charge in [0.15, 0.2) is 0 Å². The van der Waals surface area contributed by atoms with Gasteiger partial charge in [0.1, 0.15) is 5.00 Å². The number of imide groups is 1. The van der Waals surface area contributed by atoms with E-state index in [1.807, 2.05) is 38.1 Å². The van der Waals surface area contributed by atoms with Crippen LogP contribution >= 0.6 is 11.3 Å². The van der Waals surface area contributed by atoms with Crippen molar-refractivity contribution >= 4 is 50.2 Å². The summed E-state index contributed by atoms with van der Waals surface area (Å²) in [6, 6.07) is 7.27. The smallest absolute Gasteiger partial charge is 0.319 e. The first-order valence-corrected chi connectivity index (χ1v) is 11.9. The van der Waals surface area contributed by atoms with Crippen LogP contribution in [-0.2, 0) is 9.59 Å². The van der Waals surface area contributed by atoms with Gasteiger partial charge in [-0.05, 0) is 38.2 Å². The quantitative estimate of drug-likeness (QED) is 0.689. The molecule has 8 nitrogen and oxygen atoms in total. The van der Waals surface area contributed by atoms with Crippen LogP contribution in [-0.4, -0.2) is 59.7 Å². The summed E-state index contributed by atoms with van der Waals surface area (Å²) in [5.74, 6) is -0.352. The van der Waals surface area contributed by atoms with Crippen LogP contribution < -0.4 is 10.6 Å². The third-order valence-corrected chi connectivity index (χ3v) is 7.54. The second-order valence-electron chi connectivity index (χ2n) is 8.46. The molecule has 2 fully saturated rings. The zero-order chi connectivity index (χ0) is 22.9. The predicted octanol–water partition coefficient (Wildman–Crippen LogP) is 3.43. The molecule has 2 aliphatic heterocycles. The number of piperidine rings is 2. The molecule has 0 unspecified atom stereocenters. The molecule has 0 radical (unpaired) electrons. The predicted molar refractivity (Wildman–Crippen MR) is 124 cm³/mol. The standard InChI is InChI=1S/C23H28N4O4S/c1-3-24-22(31)25-20-19(15-7-5-6-8-16(15)32-20)21(30)26-11-9-23(10-12-26)13-17(28)27(4-2)18(29)14-23/h5-8H,3-4,9-14H2,1-2H3,(H2,24,25,31). The molecule has 32 heavy (non-hydrogen) atoms. The zero-order valence-corrected chi connectivity index (χ0v) is 19.2. The Bertz CT molecular complexity index is 1050. The SMILES string of the molecule is CCNC(=O)Nc1sc2ccccc2c1C(=O)N1CCC2(CC1)CC(=O)N(CC)C(=O)C2. The van der Waals surface area contributed by atoms with Crippen molar-refractivity contribution in [1.82, 2.24) is 15.1 Å². The molecule has 170 valence electrons. The van der Waals surface area contributed by atoms with Gasteiger partial charge in [0.25, 0.3) is 5.91 Å². The molecule has 4 rings (SSSR count). The fourth-order valence-electron chi connectivity index (χ4n) is 4.74. The van der Waals surface area contributed by atoms with Gasteiger partial charge in [-0.25, -0.2) is 4.79 Å². The first-order chi connectivity index (χ1) is 15.4. The van der Waals surface area contributed by atoms with Crippen LogP contribution in [0.4, 0.5) is 9.80 Å². The number of thiophene rings is 1. The van der Waals surface area contributed by atoms with Gasteiger partial charge in [0, 0.05) is 49.1 Å². The monoisotopic (exact) mass is 456 g/mol. The number of rotatable bonds is 4. The van der Waals surface area contributed by atoms with Gasteiger partial charge in [-0.15, -0.1) is 11.3 Å². The molecule has 3 heterocycles. The number of hydrogen-bond acceptors (Lipinski definition) is 5. The van der Waals surface area contributed by atoms with E-state index < -0.39 is 0 Å². The average molecular weight is 457 g/mol. The van der Waals surface area contributed by atoms with Crippen molar-refractivity contribution in [2.75, 3.05) is 31.5 Å². The Morgan fingerprint density at radius 3 is 2.34 bits per heavy atom. The van der Waals surface area contributed by atoms with Gasteiger partial charge >= 0.3 is 6.03 Å². The van der Waals surface area contributed by atoms with E-state index in [2.05, 4.69) is 10.6 Å². The van der Waals surface area contributed by atoms with E-state index in [1.165, 1.54) is 16.2 Å². The Balaban J connectivity index is 1.54. The summed E-state index contributed by atoms with van der Waals surface area (Å²) >= 11 is 1.38. The Kier molecular flexibility index (Phi) is 6.19. The summed E-state index contributed by atoms with van der Waals surface area (Å²) in [4.78, 5) is 53.7. The number of benzene rings is 1. The summed E-state index contributed by atoms with van der Waals surface area (Å²) < 4.78 is 0.930. The molecule has 2 aromatic rings. The van der Waals surface area contributed by atoms with Crippen LogP contribution in [0.25, 0.3) is 10.1 Å². The van der Waals surface area contributed by atoms with Gasteiger partial charge in [-0.1, -0.05) is 18.2 Å². The van der Waals surface area contributed by atoms with E-state index in [0.717, 1.165) is 10.1 Å². The lowest BCUT2D eigenvalue weighted by Crippen LogP contribution is -2.52. The number of nitrogens with one attached hydrogen (secondary N) is 2. The summed E-state index contributed by atoms with van der Waals surface area (Å²) in [5, 5.41) is 6.88. The molecule has 0 bridgehead atoms. The molecule has 0 saturated carbocycles. The topological polar surface area (TPSA) is 98.8 Å². The highest BCUT2D eigenvalue weighted by Gasteiger charge is 2.45. The minimum atomic E-state index is -0.352. The molecule has 1 aromatic carbocycles. The molecule has 2 saturated heterocycles. The molecule has 9 heteroatoms. The lowest BCUT2D eigenvalue weighted by Gasteiger charge is -2.45. The minimum Gasteiger partial charge on any atom is -0.338 e. The molecule has 1 aromatic heterocycles. The maximum atomic E-state index is 13.6. The number of likely N-dealkylation sites (tertiary alicyclic amines) is 2. The summed E-state index contributed by atoms with van der Waals surface area (Å²) in [5.41, 5.74) is 0.149. The van der Waals surface area contributed by atoms with Gasteiger partial charge < -0.3 is 10.2 Å². The zero-order valence-electron chi connectivity index (χ0n) is 18.4. The minimum absolute atomic E-state index is 0.110. The van der Waals surface area contributed by atoms with E-state index >= 15 is 0 Å². The third kappa shape index (κ3) is 4.09. The van der Waals surface area contributed by atoms with Gasteiger partial charge in [0.2, 0.25) is 11.8 Å². The number of carbonyl (C=O) groups is 4. The summed E-state index contributed by atoms with van der Waals surface area (Å²) in [6.07, 6.45) is 1.96. The molecule has 2 aliphatic rings. The van der Waals surface area contributed by atoms with Gasteiger partial charge in [-0.2, -0.15) is 0 Å². The van der Waals surface area contributed by atoms with Crippen molar-refractivity contribution in [3.05, 3.63) is 29.8 Å². The molecule has 0 aliphatic carbocycles. The number of hydrogen-bond donors (Lipinski definition) is 2. The number of fused-ring (bicyclic) bond motifs is 1. The maximum Gasteiger partial charge on any atom is 0.319 e. The molecule has 0 atom stereocenters. The van der Waals surface area contributed by atoms with Crippen LogP contribution in [0.2, 0.25) is 0 Å². The highest BCUT2D eigenvalue weighted by atomic mass is 32.1. The molecule has 1 spiro atoms. The van der Waals surface area contributed by atoms with Crippen LogP contribution in [0.5, 0.6) is 0 Å². The van der Waals surface area contributed by atoms with E-state index in [-0.39, 0.29) is 29.2 Å². The highest BCUT2D eigenvalue weighted by molar-refractivity contribution is 7.23. The number of carbonyl (C=O) groups excluding carboxylic acids is 4. The van der Waals surface area contributed by atoms with Crippen molar-refractivity contribution in [3.8, 4) is 0 Å². The van der Waals surface area contributed by atoms with Crippen LogP contribution in [0.1, 0.15) is 49.9 Å². The summed E-state index contributed by atoms with van der Waals surface area (Å²) in [6.45, 7) is 5.51.